The molecule has 2 rings (SSSR count). The van der Waals surface area contributed by atoms with Gasteiger partial charge in [-0.1, -0.05) is 6.07 Å². The number of anilines is 1. The predicted octanol–water partition coefficient (Wildman–Crippen LogP) is 2.13. The van der Waals surface area contributed by atoms with E-state index in [2.05, 4.69) is 10.4 Å². The SMILES string of the molecule is COC(=O)c1ccc(C)c(NCc2cnn(C)c2)c1. The summed E-state index contributed by atoms with van der Waals surface area (Å²) in [5.41, 5.74) is 3.63. The molecule has 0 spiro atoms. The van der Waals surface area contributed by atoms with Crippen LogP contribution >= 0.6 is 0 Å². The number of nitrogens with one attached hydrogen (secondary N) is 1. The molecule has 0 aliphatic carbocycles. The number of esters is 1. The molecule has 0 unspecified atom stereocenters. The molecular formula is C14H17N3O2. The molecule has 0 saturated heterocycles. The van der Waals surface area contributed by atoms with E-state index < -0.39 is 0 Å². The van der Waals surface area contributed by atoms with Crippen LogP contribution in [0.25, 0.3) is 0 Å². The predicted molar refractivity (Wildman–Crippen MR) is 73.1 cm³/mol. The van der Waals surface area contributed by atoms with Crippen molar-refractivity contribution in [1.29, 1.82) is 0 Å². The smallest absolute Gasteiger partial charge is 0.337 e. The normalized spacial score (nSPS) is 10.3. The lowest BCUT2D eigenvalue weighted by atomic mass is 10.1. The number of rotatable bonds is 4. The molecule has 0 saturated carbocycles. The number of nitrogens with zero attached hydrogens (tertiary/aromatic N) is 2. The van der Waals surface area contributed by atoms with Crippen molar-refractivity contribution in [2.24, 2.45) is 7.05 Å². The van der Waals surface area contributed by atoms with Gasteiger partial charge in [-0.3, -0.25) is 4.68 Å². The van der Waals surface area contributed by atoms with E-state index in [-0.39, 0.29) is 5.97 Å². The van der Waals surface area contributed by atoms with E-state index in [9.17, 15) is 4.79 Å². The maximum atomic E-state index is 11.5. The van der Waals surface area contributed by atoms with Crippen LogP contribution in [-0.2, 0) is 18.3 Å². The van der Waals surface area contributed by atoms with Gasteiger partial charge in [-0.15, -0.1) is 0 Å². The highest BCUT2D eigenvalue weighted by molar-refractivity contribution is 5.90. The molecule has 0 amide bonds. The second-order valence-corrected chi connectivity index (χ2v) is 4.40. The lowest BCUT2D eigenvalue weighted by Gasteiger charge is -2.10. The van der Waals surface area contributed by atoms with Crippen LogP contribution in [0.5, 0.6) is 0 Å². The maximum absolute atomic E-state index is 11.5. The Morgan fingerprint density at radius 3 is 2.89 bits per heavy atom. The summed E-state index contributed by atoms with van der Waals surface area (Å²) in [4.78, 5) is 11.5. The third-order valence-electron chi connectivity index (χ3n) is 2.90. The molecule has 0 bridgehead atoms. The summed E-state index contributed by atoms with van der Waals surface area (Å²) in [6, 6.07) is 5.46. The van der Waals surface area contributed by atoms with E-state index in [1.54, 1.807) is 16.8 Å². The fourth-order valence-corrected chi connectivity index (χ4v) is 1.82. The van der Waals surface area contributed by atoms with E-state index in [1.165, 1.54) is 7.11 Å². The molecule has 0 radical (unpaired) electrons. The zero-order valence-corrected chi connectivity index (χ0v) is 11.3. The summed E-state index contributed by atoms with van der Waals surface area (Å²) < 4.78 is 6.48. The molecule has 2 aromatic rings. The van der Waals surface area contributed by atoms with Gasteiger partial charge >= 0.3 is 5.97 Å². The lowest BCUT2D eigenvalue weighted by molar-refractivity contribution is 0.0601. The second kappa shape index (κ2) is 5.56. The Morgan fingerprint density at radius 1 is 1.47 bits per heavy atom. The summed E-state index contributed by atoms with van der Waals surface area (Å²) in [5.74, 6) is -0.329. The van der Waals surface area contributed by atoms with Gasteiger partial charge in [-0.05, 0) is 24.6 Å². The average Bonchev–Trinajstić information content (AvgIpc) is 2.82. The van der Waals surface area contributed by atoms with Crippen molar-refractivity contribution in [3.05, 3.63) is 47.3 Å². The molecule has 1 aromatic carbocycles. The molecule has 0 aliphatic rings. The molecule has 1 heterocycles. The number of ether oxygens (including phenoxy) is 1. The van der Waals surface area contributed by atoms with Gasteiger partial charge in [0.1, 0.15) is 0 Å². The van der Waals surface area contributed by atoms with Gasteiger partial charge in [0.25, 0.3) is 0 Å². The molecule has 0 aliphatic heterocycles. The number of benzene rings is 1. The molecule has 0 fully saturated rings. The van der Waals surface area contributed by atoms with E-state index in [1.807, 2.05) is 32.4 Å². The van der Waals surface area contributed by atoms with Crippen LogP contribution in [0, 0.1) is 6.92 Å². The van der Waals surface area contributed by atoms with E-state index in [0.29, 0.717) is 12.1 Å². The van der Waals surface area contributed by atoms with Crippen molar-refractivity contribution >= 4 is 11.7 Å². The molecule has 1 N–H and O–H groups in total. The first kappa shape index (κ1) is 13.1. The lowest BCUT2D eigenvalue weighted by Crippen LogP contribution is -2.05. The fourth-order valence-electron chi connectivity index (χ4n) is 1.82. The highest BCUT2D eigenvalue weighted by Crippen LogP contribution is 2.18. The largest absolute Gasteiger partial charge is 0.465 e. The summed E-state index contributed by atoms with van der Waals surface area (Å²) in [6.45, 7) is 2.66. The number of hydrogen-bond donors (Lipinski definition) is 1. The Morgan fingerprint density at radius 2 is 2.26 bits per heavy atom. The van der Waals surface area contributed by atoms with Crippen molar-refractivity contribution < 1.29 is 9.53 Å². The quantitative estimate of drug-likeness (QED) is 0.855. The Bertz CT molecular complexity index is 590. The minimum atomic E-state index is -0.329. The number of hydrogen-bond acceptors (Lipinski definition) is 4. The number of methoxy groups -OCH3 is 1. The number of carbonyl (C=O) groups excluding carboxylic acids is 1. The van der Waals surface area contributed by atoms with Gasteiger partial charge in [0.05, 0.1) is 18.9 Å². The highest BCUT2D eigenvalue weighted by Gasteiger charge is 2.08. The number of aryl methyl sites for hydroxylation is 2. The summed E-state index contributed by atoms with van der Waals surface area (Å²) >= 11 is 0. The summed E-state index contributed by atoms with van der Waals surface area (Å²) in [6.07, 6.45) is 3.76. The number of aromatic nitrogens is 2. The fraction of sp³-hybridized carbons (Fsp3) is 0.286. The Balaban J connectivity index is 2.12. The van der Waals surface area contributed by atoms with Crippen molar-refractivity contribution in [3.8, 4) is 0 Å². The first-order valence-electron chi connectivity index (χ1n) is 6.00. The van der Waals surface area contributed by atoms with Crippen LogP contribution in [-0.4, -0.2) is 22.9 Å². The summed E-state index contributed by atoms with van der Waals surface area (Å²) in [5, 5.41) is 7.41. The molecule has 5 nitrogen and oxygen atoms in total. The first-order chi connectivity index (χ1) is 9.10. The van der Waals surface area contributed by atoms with Crippen LogP contribution < -0.4 is 5.32 Å². The van der Waals surface area contributed by atoms with Gasteiger partial charge in [-0.25, -0.2) is 4.79 Å². The van der Waals surface area contributed by atoms with Crippen LogP contribution in [0.3, 0.4) is 0 Å². The first-order valence-corrected chi connectivity index (χ1v) is 6.00. The molecule has 19 heavy (non-hydrogen) atoms. The van der Waals surface area contributed by atoms with Gasteiger partial charge < -0.3 is 10.1 Å². The minimum absolute atomic E-state index is 0.329. The van der Waals surface area contributed by atoms with Crippen LogP contribution in [0.4, 0.5) is 5.69 Å². The van der Waals surface area contributed by atoms with Crippen molar-refractivity contribution in [3.63, 3.8) is 0 Å². The van der Waals surface area contributed by atoms with Gasteiger partial charge in [0, 0.05) is 31.0 Å². The molecule has 1 aromatic heterocycles. The standard InChI is InChI=1S/C14H17N3O2/c1-10-4-5-12(14(18)19-3)6-13(10)15-7-11-8-16-17(2)9-11/h4-6,8-9,15H,7H2,1-3H3. The van der Waals surface area contributed by atoms with Crippen LogP contribution in [0.1, 0.15) is 21.5 Å². The van der Waals surface area contributed by atoms with E-state index in [4.69, 9.17) is 4.74 Å². The Labute approximate surface area is 112 Å². The van der Waals surface area contributed by atoms with E-state index in [0.717, 1.165) is 16.8 Å². The van der Waals surface area contributed by atoms with Crippen molar-refractivity contribution in [1.82, 2.24) is 9.78 Å². The van der Waals surface area contributed by atoms with Crippen LogP contribution in [0.15, 0.2) is 30.6 Å². The van der Waals surface area contributed by atoms with Gasteiger partial charge in [-0.2, -0.15) is 5.10 Å². The third-order valence-corrected chi connectivity index (χ3v) is 2.90. The van der Waals surface area contributed by atoms with Crippen molar-refractivity contribution in [2.45, 2.75) is 13.5 Å². The maximum Gasteiger partial charge on any atom is 0.337 e. The zero-order chi connectivity index (χ0) is 13.8. The number of carbonyl (C=O) groups is 1. The molecular weight excluding hydrogens is 242 g/mol. The summed E-state index contributed by atoms with van der Waals surface area (Å²) in [7, 11) is 3.26. The van der Waals surface area contributed by atoms with Gasteiger partial charge in [0.15, 0.2) is 0 Å². The minimum Gasteiger partial charge on any atom is -0.465 e. The van der Waals surface area contributed by atoms with Crippen molar-refractivity contribution in [2.75, 3.05) is 12.4 Å². The molecule has 100 valence electrons. The second-order valence-electron chi connectivity index (χ2n) is 4.40. The zero-order valence-electron chi connectivity index (χ0n) is 11.3. The highest BCUT2D eigenvalue weighted by atomic mass is 16.5. The van der Waals surface area contributed by atoms with Crippen LogP contribution in [0.2, 0.25) is 0 Å². The topological polar surface area (TPSA) is 56.1 Å². The molecule has 0 atom stereocenters. The third kappa shape index (κ3) is 3.13. The van der Waals surface area contributed by atoms with E-state index >= 15 is 0 Å². The Hall–Kier alpha value is -2.30. The monoisotopic (exact) mass is 259 g/mol. The Kier molecular flexibility index (Phi) is 3.85. The molecule has 5 heteroatoms. The van der Waals surface area contributed by atoms with Gasteiger partial charge in [0.2, 0.25) is 0 Å². The average molecular weight is 259 g/mol.